The van der Waals surface area contributed by atoms with Crippen LogP contribution in [0.15, 0.2) is 40.0 Å². The summed E-state index contributed by atoms with van der Waals surface area (Å²) in [5, 5.41) is 0. The molecule has 128 valence electrons. The third kappa shape index (κ3) is 3.82. The second kappa shape index (κ2) is 7.57. The van der Waals surface area contributed by atoms with Crippen LogP contribution in [-0.2, 0) is 4.74 Å². The molecular weight excluding hydrogens is 307 g/mol. The maximum Gasteiger partial charge on any atom is 0.147 e. The molecule has 1 aromatic carbocycles. The Balaban J connectivity index is 1.86. The van der Waals surface area contributed by atoms with Crippen LogP contribution in [0.2, 0.25) is 0 Å². The number of halogens is 1. The van der Waals surface area contributed by atoms with E-state index in [0.717, 1.165) is 18.5 Å². The predicted molar refractivity (Wildman–Crippen MR) is 95.4 cm³/mol. The van der Waals surface area contributed by atoms with Crippen molar-refractivity contribution >= 4 is 17.2 Å². The maximum atomic E-state index is 14.6. The van der Waals surface area contributed by atoms with E-state index in [0.29, 0.717) is 55.7 Å². The van der Waals surface area contributed by atoms with E-state index >= 15 is 0 Å². The average Bonchev–Trinajstić information content (AvgIpc) is 2.60. The van der Waals surface area contributed by atoms with Crippen LogP contribution in [0.25, 0.3) is 0 Å². The zero-order chi connectivity index (χ0) is 16.9. The molecule has 2 heterocycles. The SMILES string of the molecule is CCCN=C1CC(N)=CC(c2ccc(N3CCOCC3)c(F)c2)=N1. The Hall–Kier alpha value is -2.21. The lowest BCUT2D eigenvalue weighted by atomic mass is 10.0. The minimum Gasteiger partial charge on any atom is -0.402 e. The van der Waals surface area contributed by atoms with Crippen molar-refractivity contribution in [3.05, 3.63) is 41.4 Å². The largest absolute Gasteiger partial charge is 0.402 e. The number of rotatable bonds is 4. The highest BCUT2D eigenvalue weighted by atomic mass is 19.1. The third-order valence-corrected chi connectivity index (χ3v) is 4.05. The van der Waals surface area contributed by atoms with Gasteiger partial charge in [-0.15, -0.1) is 0 Å². The van der Waals surface area contributed by atoms with E-state index in [2.05, 4.69) is 16.9 Å². The first-order valence-corrected chi connectivity index (χ1v) is 8.38. The molecule has 1 fully saturated rings. The first kappa shape index (κ1) is 16.6. The van der Waals surface area contributed by atoms with Crippen LogP contribution in [0, 0.1) is 5.82 Å². The number of benzene rings is 1. The molecule has 0 unspecified atom stereocenters. The number of ether oxygens (including phenoxy) is 1. The van der Waals surface area contributed by atoms with Gasteiger partial charge < -0.3 is 15.4 Å². The minimum atomic E-state index is -0.248. The van der Waals surface area contributed by atoms with Crippen molar-refractivity contribution in [2.45, 2.75) is 19.8 Å². The van der Waals surface area contributed by atoms with E-state index in [1.807, 2.05) is 11.0 Å². The molecule has 0 radical (unpaired) electrons. The zero-order valence-corrected chi connectivity index (χ0v) is 14.0. The molecule has 1 saturated heterocycles. The molecule has 1 aromatic rings. The van der Waals surface area contributed by atoms with Crippen LogP contribution >= 0.6 is 0 Å². The standard InChI is InChI=1S/C18H23FN4O/c1-2-5-21-18-12-14(20)11-16(22-18)13-3-4-17(15(19)10-13)23-6-8-24-9-7-23/h3-4,10-11H,2,5-9,12,20H2,1H3. The van der Waals surface area contributed by atoms with Crippen molar-refractivity contribution in [2.75, 3.05) is 37.7 Å². The number of anilines is 1. The fraction of sp³-hybridized carbons (Fsp3) is 0.444. The molecule has 2 aliphatic heterocycles. The van der Waals surface area contributed by atoms with Gasteiger partial charge in [0.15, 0.2) is 0 Å². The summed E-state index contributed by atoms with van der Waals surface area (Å²) in [6.07, 6.45) is 3.31. The number of nitrogens with zero attached hydrogens (tertiary/aromatic N) is 3. The second-order valence-electron chi connectivity index (χ2n) is 5.96. The van der Waals surface area contributed by atoms with Gasteiger partial charge in [-0.1, -0.05) is 13.0 Å². The van der Waals surface area contributed by atoms with E-state index in [1.54, 1.807) is 12.1 Å². The lowest BCUT2D eigenvalue weighted by Gasteiger charge is -2.29. The molecule has 5 nitrogen and oxygen atoms in total. The van der Waals surface area contributed by atoms with Crippen LogP contribution in [0.4, 0.5) is 10.1 Å². The highest BCUT2D eigenvalue weighted by Crippen LogP contribution is 2.23. The molecule has 0 aliphatic carbocycles. The third-order valence-electron chi connectivity index (χ3n) is 4.05. The smallest absolute Gasteiger partial charge is 0.147 e. The minimum absolute atomic E-state index is 0.248. The molecule has 0 saturated carbocycles. The Morgan fingerprint density at radius 2 is 2.12 bits per heavy atom. The quantitative estimate of drug-likeness (QED) is 0.922. The zero-order valence-electron chi connectivity index (χ0n) is 14.0. The molecule has 3 rings (SSSR count). The van der Waals surface area contributed by atoms with Crippen molar-refractivity contribution in [3.63, 3.8) is 0 Å². The number of allylic oxidation sites excluding steroid dienone is 1. The summed E-state index contributed by atoms with van der Waals surface area (Å²) in [6.45, 7) is 5.46. The average molecular weight is 330 g/mol. The van der Waals surface area contributed by atoms with Crippen molar-refractivity contribution in [1.82, 2.24) is 0 Å². The van der Waals surface area contributed by atoms with E-state index in [4.69, 9.17) is 10.5 Å². The van der Waals surface area contributed by atoms with Gasteiger partial charge >= 0.3 is 0 Å². The summed E-state index contributed by atoms with van der Waals surface area (Å²) in [6, 6.07) is 5.22. The molecule has 2 aliphatic rings. The molecule has 0 aromatic heterocycles. The number of amidine groups is 1. The lowest BCUT2D eigenvalue weighted by molar-refractivity contribution is 0.122. The van der Waals surface area contributed by atoms with Crippen molar-refractivity contribution in [3.8, 4) is 0 Å². The van der Waals surface area contributed by atoms with Gasteiger partial charge in [-0.3, -0.25) is 4.99 Å². The van der Waals surface area contributed by atoms with E-state index < -0.39 is 0 Å². The molecular formula is C18H23FN4O. The molecule has 0 bridgehead atoms. The van der Waals surface area contributed by atoms with Crippen LogP contribution in [0.5, 0.6) is 0 Å². The van der Waals surface area contributed by atoms with Crippen LogP contribution in [0.3, 0.4) is 0 Å². The number of hydrogen-bond acceptors (Lipinski definition) is 4. The number of dihydropyridines is 1. The molecule has 0 atom stereocenters. The topological polar surface area (TPSA) is 63.2 Å². The van der Waals surface area contributed by atoms with Gasteiger partial charge in [0.1, 0.15) is 11.7 Å². The van der Waals surface area contributed by atoms with Gasteiger partial charge in [0.05, 0.1) is 24.6 Å². The van der Waals surface area contributed by atoms with Crippen molar-refractivity contribution < 1.29 is 9.13 Å². The monoisotopic (exact) mass is 330 g/mol. The normalized spacial score (nSPS) is 20.1. The highest BCUT2D eigenvalue weighted by Gasteiger charge is 2.17. The van der Waals surface area contributed by atoms with E-state index in [-0.39, 0.29) is 5.82 Å². The molecule has 24 heavy (non-hydrogen) atoms. The Morgan fingerprint density at radius 1 is 1.33 bits per heavy atom. The van der Waals surface area contributed by atoms with Gasteiger partial charge in [-0.05, 0) is 24.6 Å². The molecule has 0 spiro atoms. The molecule has 0 amide bonds. The van der Waals surface area contributed by atoms with Gasteiger partial charge in [0, 0.05) is 37.3 Å². The Kier molecular flexibility index (Phi) is 5.25. The number of aliphatic imine (C=N–C) groups is 2. The fourth-order valence-electron chi connectivity index (χ4n) is 2.83. The first-order chi connectivity index (χ1) is 11.7. The van der Waals surface area contributed by atoms with E-state index in [1.165, 1.54) is 6.07 Å². The summed E-state index contributed by atoms with van der Waals surface area (Å²) in [4.78, 5) is 11.0. The maximum absolute atomic E-state index is 14.6. The Bertz CT molecular complexity index is 690. The number of morpholine rings is 1. The van der Waals surface area contributed by atoms with Gasteiger partial charge in [0.2, 0.25) is 0 Å². The van der Waals surface area contributed by atoms with Crippen molar-refractivity contribution in [1.29, 1.82) is 0 Å². The summed E-state index contributed by atoms with van der Waals surface area (Å²) < 4.78 is 19.9. The lowest BCUT2D eigenvalue weighted by Crippen LogP contribution is -2.36. The Morgan fingerprint density at radius 3 is 2.83 bits per heavy atom. The van der Waals surface area contributed by atoms with Gasteiger partial charge in [-0.25, -0.2) is 9.38 Å². The van der Waals surface area contributed by atoms with Crippen LogP contribution in [0.1, 0.15) is 25.3 Å². The van der Waals surface area contributed by atoms with Crippen LogP contribution in [-0.4, -0.2) is 44.4 Å². The molecule has 6 heteroatoms. The van der Waals surface area contributed by atoms with Crippen LogP contribution < -0.4 is 10.6 Å². The summed E-state index contributed by atoms with van der Waals surface area (Å²) in [7, 11) is 0. The summed E-state index contributed by atoms with van der Waals surface area (Å²) >= 11 is 0. The van der Waals surface area contributed by atoms with E-state index in [9.17, 15) is 4.39 Å². The number of nitrogens with two attached hydrogens (primary N) is 1. The predicted octanol–water partition coefficient (Wildman–Crippen LogP) is 2.51. The fourth-order valence-corrected chi connectivity index (χ4v) is 2.83. The second-order valence-corrected chi connectivity index (χ2v) is 5.96. The number of hydrogen-bond donors (Lipinski definition) is 1. The van der Waals surface area contributed by atoms with Gasteiger partial charge in [0.25, 0.3) is 0 Å². The summed E-state index contributed by atoms with van der Waals surface area (Å²) in [5.41, 5.74) is 8.69. The van der Waals surface area contributed by atoms with Crippen molar-refractivity contribution in [2.24, 2.45) is 15.7 Å². The first-order valence-electron chi connectivity index (χ1n) is 8.38. The highest BCUT2D eigenvalue weighted by molar-refractivity contribution is 6.16. The van der Waals surface area contributed by atoms with Gasteiger partial charge in [-0.2, -0.15) is 0 Å². The summed E-state index contributed by atoms with van der Waals surface area (Å²) in [5.74, 6) is 0.464. The molecule has 2 N–H and O–H groups in total. The Labute approximate surface area is 141 Å².